The predicted octanol–water partition coefficient (Wildman–Crippen LogP) is 3.69. The van der Waals surface area contributed by atoms with Crippen LogP contribution in [-0.2, 0) is 20.9 Å². The van der Waals surface area contributed by atoms with Gasteiger partial charge in [-0.1, -0.05) is 58.0 Å². The lowest BCUT2D eigenvalue weighted by atomic mass is 10.0. The summed E-state index contributed by atoms with van der Waals surface area (Å²) in [6, 6.07) is 9.45. The van der Waals surface area contributed by atoms with Crippen LogP contribution >= 0.6 is 0 Å². The molecule has 0 unspecified atom stereocenters. The van der Waals surface area contributed by atoms with Gasteiger partial charge in [0.1, 0.15) is 12.4 Å². The molecule has 0 aliphatic rings. The highest BCUT2D eigenvalue weighted by Crippen LogP contribution is 2.06. The standard InChI is InChI=1S/C15H21NO3.C7H15NO/c1-4-12(2)14(17)10-16(3)15(18)19-11-13-8-6-5-7-9-13;1-4-6(2)7(9)5-8-3/h5-9,12H,4,10-11H2,1-3H3;6,8H,4-5H2,1-3H3/t12-;6-/m00/s1. The summed E-state index contributed by atoms with van der Waals surface area (Å²) >= 11 is 0. The fourth-order valence-corrected chi connectivity index (χ4v) is 2.09. The highest BCUT2D eigenvalue weighted by molar-refractivity contribution is 5.85. The third-order valence-corrected chi connectivity index (χ3v) is 4.58. The molecule has 1 aromatic rings. The number of hydrogen-bond donors (Lipinski definition) is 1. The van der Waals surface area contributed by atoms with Gasteiger partial charge in [0.05, 0.1) is 13.1 Å². The molecule has 0 saturated heterocycles. The second-order valence-corrected chi connectivity index (χ2v) is 6.98. The number of Topliss-reactive ketones (excluding diaryl/α,β-unsaturated/α-hetero) is 2. The zero-order chi connectivity index (χ0) is 21.5. The van der Waals surface area contributed by atoms with Crippen LogP contribution < -0.4 is 5.32 Å². The van der Waals surface area contributed by atoms with Crippen LogP contribution in [0.1, 0.15) is 46.1 Å². The molecule has 6 heteroatoms. The number of ether oxygens (including phenoxy) is 1. The first-order valence-electron chi connectivity index (χ1n) is 9.88. The minimum Gasteiger partial charge on any atom is -0.445 e. The Kier molecular flexibility index (Phi) is 13.6. The number of hydrogen-bond acceptors (Lipinski definition) is 5. The largest absolute Gasteiger partial charge is 0.445 e. The van der Waals surface area contributed by atoms with Gasteiger partial charge in [-0.05, 0) is 25.5 Å². The summed E-state index contributed by atoms with van der Waals surface area (Å²) in [5.41, 5.74) is 0.928. The summed E-state index contributed by atoms with van der Waals surface area (Å²) in [5, 5.41) is 2.83. The van der Waals surface area contributed by atoms with Crippen LogP contribution in [0.2, 0.25) is 0 Å². The highest BCUT2D eigenvalue weighted by Gasteiger charge is 2.17. The Labute approximate surface area is 169 Å². The smallest absolute Gasteiger partial charge is 0.410 e. The number of ketones is 2. The van der Waals surface area contributed by atoms with E-state index in [1.165, 1.54) is 4.90 Å². The normalized spacial score (nSPS) is 12.2. The average molecular weight is 393 g/mol. The zero-order valence-electron chi connectivity index (χ0n) is 18.2. The van der Waals surface area contributed by atoms with Crippen molar-refractivity contribution in [3.05, 3.63) is 35.9 Å². The number of rotatable bonds is 10. The van der Waals surface area contributed by atoms with E-state index in [9.17, 15) is 14.4 Å². The Morgan fingerprint density at radius 1 is 1.00 bits per heavy atom. The quantitative estimate of drug-likeness (QED) is 0.657. The maximum absolute atomic E-state index is 11.7. The molecular weight excluding hydrogens is 356 g/mol. The van der Waals surface area contributed by atoms with Crippen LogP contribution in [0.15, 0.2) is 30.3 Å². The van der Waals surface area contributed by atoms with Crippen LogP contribution in [0.25, 0.3) is 0 Å². The molecule has 0 radical (unpaired) electrons. The summed E-state index contributed by atoms with van der Waals surface area (Å²) < 4.78 is 5.14. The fourth-order valence-electron chi connectivity index (χ4n) is 2.09. The van der Waals surface area contributed by atoms with E-state index in [2.05, 4.69) is 5.32 Å². The minimum atomic E-state index is -0.472. The number of carbonyl (C=O) groups is 3. The van der Waals surface area contributed by atoms with Crippen molar-refractivity contribution in [2.24, 2.45) is 11.8 Å². The maximum atomic E-state index is 11.7. The number of carbonyl (C=O) groups excluding carboxylic acids is 3. The predicted molar refractivity (Wildman–Crippen MR) is 112 cm³/mol. The van der Waals surface area contributed by atoms with E-state index >= 15 is 0 Å². The SMILES string of the molecule is CC[C@H](C)C(=O)CN(C)C(=O)OCc1ccccc1.CC[C@H](C)C(=O)CNC. The second kappa shape index (κ2) is 14.8. The van der Waals surface area contributed by atoms with Crippen LogP contribution in [0, 0.1) is 11.8 Å². The monoisotopic (exact) mass is 392 g/mol. The molecule has 1 amide bonds. The molecule has 0 aliphatic carbocycles. The Morgan fingerprint density at radius 2 is 1.54 bits per heavy atom. The van der Waals surface area contributed by atoms with Gasteiger partial charge in [-0.2, -0.15) is 0 Å². The third-order valence-electron chi connectivity index (χ3n) is 4.58. The van der Waals surface area contributed by atoms with E-state index in [-0.39, 0.29) is 30.8 Å². The molecule has 0 aliphatic heterocycles. The summed E-state index contributed by atoms with van der Waals surface area (Å²) in [6.45, 7) is 8.64. The molecule has 2 atom stereocenters. The Bertz CT molecular complexity index is 589. The lowest BCUT2D eigenvalue weighted by molar-refractivity contribution is -0.123. The molecule has 0 saturated carbocycles. The van der Waals surface area contributed by atoms with E-state index in [4.69, 9.17) is 4.74 Å². The first-order valence-corrected chi connectivity index (χ1v) is 9.88. The molecular formula is C22H36N2O4. The van der Waals surface area contributed by atoms with Gasteiger partial charge in [0.2, 0.25) is 0 Å². The van der Waals surface area contributed by atoms with Crippen molar-refractivity contribution in [2.75, 3.05) is 27.2 Å². The number of nitrogens with one attached hydrogen (secondary N) is 1. The Morgan fingerprint density at radius 3 is 2.04 bits per heavy atom. The topological polar surface area (TPSA) is 75.7 Å². The van der Waals surface area contributed by atoms with E-state index in [1.807, 2.05) is 58.0 Å². The number of amides is 1. The summed E-state index contributed by atoms with van der Waals surface area (Å²) in [7, 11) is 3.37. The minimum absolute atomic E-state index is 0.0237. The molecule has 28 heavy (non-hydrogen) atoms. The van der Waals surface area contributed by atoms with Crippen molar-refractivity contribution in [1.82, 2.24) is 10.2 Å². The summed E-state index contributed by atoms with van der Waals surface area (Å²) in [4.78, 5) is 35.7. The summed E-state index contributed by atoms with van der Waals surface area (Å²) in [6.07, 6.45) is 1.26. The lowest BCUT2D eigenvalue weighted by Gasteiger charge is -2.18. The average Bonchev–Trinajstić information content (AvgIpc) is 2.71. The lowest BCUT2D eigenvalue weighted by Crippen LogP contribution is -2.34. The van der Waals surface area contributed by atoms with Crippen LogP contribution in [0.4, 0.5) is 4.79 Å². The molecule has 0 heterocycles. The fraction of sp³-hybridized carbons (Fsp3) is 0.591. The first kappa shape index (κ1) is 25.8. The maximum Gasteiger partial charge on any atom is 0.410 e. The number of benzene rings is 1. The van der Waals surface area contributed by atoms with Crippen molar-refractivity contribution in [3.63, 3.8) is 0 Å². The molecule has 6 nitrogen and oxygen atoms in total. The zero-order valence-corrected chi connectivity index (χ0v) is 18.2. The van der Waals surface area contributed by atoms with E-state index in [1.54, 1.807) is 14.1 Å². The van der Waals surface area contributed by atoms with E-state index < -0.39 is 6.09 Å². The van der Waals surface area contributed by atoms with E-state index in [0.717, 1.165) is 18.4 Å². The Balaban J connectivity index is 0.000000684. The van der Waals surface area contributed by atoms with Gasteiger partial charge in [-0.25, -0.2) is 4.79 Å². The van der Waals surface area contributed by atoms with Crippen molar-refractivity contribution in [3.8, 4) is 0 Å². The van der Waals surface area contributed by atoms with Crippen molar-refractivity contribution in [2.45, 2.75) is 47.1 Å². The van der Waals surface area contributed by atoms with Gasteiger partial charge in [0, 0.05) is 18.9 Å². The summed E-state index contributed by atoms with van der Waals surface area (Å²) in [5.74, 6) is 0.559. The third kappa shape index (κ3) is 10.8. The Hall–Kier alpha value is -2.21. The van der Waals surface area contributed by atoms with Crippen molar-refractivity contribution >= 4 is 17.7 Å². The molecule has 1 N–H and O–H groups in total. The van der Waals surface area contributed by atoms with Gasteiger partial charge in [0.25, 0.3) is 0 Å². The molecule has 158 valence electrons. The highest BCUT2D eigenvalue weighted by atomic mass is 16.6. The number of nitrogens with zero attached hydrogens (tertiary/aromatic N) is 1. The molecule has 0 bridgehead atoms. The molecule has 1 rings (SSSR count). The molecule has 0 spiro atoms. The van der Waals surface area contributed by atoms with Gasteiger partial charge < -0.3 is 15.0 Å². The number of likely N-dealkylation sites (N-methyl/N-ethyl adjacent to an activating group) is 2. The molecule has 1 aromatic carbocycles. The van der Waals surface area contributed by atoms with Crippen LogP contribution in [-0.4, -0.2) is 49.7 Å². The van der Waals surface area contributed by atoms with E-state index in [0.29, 0.717) is 12.3 Å². The van der Waals surface area contributed by atoms with Crippen molar-refractivity contribution < 1.29 is 19.1 Å². The van der Waals surface area contributed by atoms with Crippen LogP contribution in [0.3, 0.4) is 0 Å². The van der Waals surface area contributed by atoms with Gasteiger partial charge in [-0.3, -0.25) is 9.59 Å². The molecule has 0 aromatic heterocycles. The first-order chi connectivity index (χ1) is 13.3. The van der Waals surface area contributed by atoms with Crippen molar-refractivity contribution in [1.29, 1.82) is 0 Å². The van der Waals surface area contributed by atoms with Gasteiger partial charge in [-0.15, -0.1) is 0 Å². The van der Waals surface area contributed by atoms with Crippen LogP contribution in [0.5, 0.6) is 0 Å². The van der Waals surface area contributed by atoms with Gasteiger partial charge in [0.15, 0.2) is 5.78 Å². The molecule has 0 fully saturated rings. The van der Waals surface area contributed by atoms with Gasteiger partial charge >= 0.3 is 6.09 Å². The second-order valence-electron chi connectivity index (χ2n) is 6.98.